The maximum Gasteiger partial charge on any atom is 0.272 e. The van der Waals surface area contributed by atoms with Gasteiger partial charge in [0.25, 0.3) is 11.8 Å². The first-order valence-electron chi connectivity index (χ1n) is 15.6. The molecule has 1 saturated heterocycles. The molecule has 2 aromatic heterocycles. The zero-order valence-electron chi connectivity index (χ0n) is 25.4. The highest BCUT2D eigenvalue weighted by atomic mass is 16.5. The summed E-state index contributed by atoms with van der Waals surface area (Å²) in [6, 6.07) is 1.87. The molecule has 2 bridgehead atoms. The van der Waals surface area contributed by atoms with Gasteiger partial charge in [0, 0.05) is 70.0 Å². The molecule has 0 saturated carbocycles. The number of aromatic nitrogens is 2. The number of aryl methyl sites for hydroxylation is 1. The molecule has 42 heavy (non-hydrogen) atoms. The second kappa shape index (κ2) is 13.9. The van der Waals surface area contributed by atoms with Gasteiger partial charge in [0.05, 0.1) is 25.3 Å². The number of amides is 3. The number of fused-ring (bicyclic) bond motifs is 1. The summed E-state index contributed by atoms with van der Waals surface area (Å²) in [5, 5.41) is 7.61. The van der Waals surface area contributed by atoms with E-state index >= 15 is 0 Å². The lowest BCUT2D eigenvalue weighted by atomic mass is 9.89. The predicted molar refractivity (Wildman–Crippen MR) is 157 cm³/mol. The van der Waals surface area contributed by atoms with Crippen LogP contribution in [0.15, 0.2) is 16.7 Å². The molecule has 11 nitrogen and oxygen atoms in total. The third-order valence-corrected chi connectivity index (χ3v) is 8.73. The molecule has 0 radical (unpaired) electrons. The second-order valence-electron chi connectivity index (χ2n) is 12.3. The number of ether oxygens (including phenoxy) is 1. The Labute approximate surface area is 248 Å². The Balaban J connectivity index is 1.32. The van der Waals surface area contributed by atoms with Crippen molar-refractivity contribution in [1.29, 1.82) is 0 Å². The molecule has 2 aliphatic heterocycles. The van der Waals surface area contributed by atoms with Crippen LogP contribution in [0.3, 0.4) is 0 Å². The first kappa shape index (κ1) is 30.3. The first-order chi connectivity index (χ1) is 20.3. The van der Waals surface area contributed by atoms with E-state index in [1.165, 1.54) is 6.26 Å². The summed E-state index contributed by atoms with van der Waals surface area (Å²) >= 11 is 0. The molecule has 1 aliphatic carbocycles. The summed E-state index contributed by atoms with van der Waals surface area (Å²) in [4.78, 5) is 46.6. The SMILES string of the molecule is CC(C)CCN1C(=O)CCCN(C(=O)c2coc(CN3CCOCC3)c2)CCCNC(=O)c2nn(C)c3c2CC1CC3. The van der Waals surface area contributed by atoms with Crippen LogP contribution in [-0.4, -0.2) is 101 Å². The van der Waals surface area contributed by atoms with Crippen LogP contribution in [0.5, 0.6) is 0 Å². The van der Waals surface area contributed by atoms with Gasteiger partial charge < -0.3 is 24.3 Å². The van der Waals surface area contributed by atoms with Gasteiger partial charge in [-0.1, -0.05) is 13.8 Å². The fourth-order valence-electron chi connectivity index (χ4n) is 6.30. The van der Waals surface area contributed by atoms with E-state index in [-0.39, 0.29) is 23.8 Å². The van der Waals surface area contributed by atoms with Gasteiger partial charge in [-0.3, -0.25) is 24.0 Å². The maximum absolute atomic E-state index is 13.7. The summed E-state index contributed by atoms with van der Waals surface area (Å²) in [5.41, 5.74) is 3.03. The van der Waals surface area contributed by atoms with Crippen LogP contribution in [0, 0.1) is 5.92 Å². The number of hydrogen-bond acceptors (Lipinski definition) is 7. The summed E-state index contributed by atoms with van der Waals surface area (Å²) in [7, 11) is 1.89. The van der Waals surface area contributed by atoms with Crippen LogP contribution < -0.4 is 5.32 Å². The zero-order chi connectivity index (χ0) is 29.6. The molecule has 0 aromatic carbocycles. The van der Waals surface area contributed by atoms with Crippen molar-refractivity contribution >= 4 is 17.7 Å². The topological polar surface area (TPSA) is 113 Å². The molecular weight excluding hydrogens is 536 g/mol. The van der Waals surface area contributed by atoms with Crippen molar-refractivity contribution in [1.82, 2.24) is 29.8 Å². The van der Waals surface area contributed by atoms with Crippen molar-refractivity contribution in [3.8, 4) is 0 Å². The van der Waals surface area contributed by atoms with Gasteiger partial charge in [0.15, 0.2) is 5.69 Å². The lowest BCUT2D eigenvalue weighted by molar-refractivity contribution is -0.134. The molecule has 230 valence electrons. The third kappa shape index (κ3) is 7.23. The van der Waals surface area contributed by atoms with Crippen LogP contribution in [0.2, 0.25) is 0 Å². The van der Waals surface area contributed by atoms with E-state index in [1.807, 2.05) is 22.7 Å². The van der Waals surface area contributed by atoms with E-state index in [4.69, 9.17) is 9.15 Å². The standard InChI is InChI=1S/C31H46N6O5/c1-22(2)9-13-37-24-7-8-27-26(19-24)29(33-34(27)3)30(39)32-10-5-12-36(11-4-6-28(37)38)31(40)23-18-25(42-21-23)20-35-14-16-41-17-15-35/h18,21-22,24H,4-17,19-20H2,1-3H3,(H,32,39). The molecule has 1 atom stereocenters. The molecule has 4 heterocycles. The molecular formula is C31H46N6O5. The number of nitrogens with zero attached hydrogens (tertiary/aromatic N) is 5. The van der Waals surface area contributed by atoms with Gasteiger partial charge in [0.1, 0.15) is 12.0 Å². The van der Waals surface area contributed by atoms with Crippen LogP contribution in [0.25, 0.3) is 0 Å². The fraction of sp³-hybridized carbons (Fsp3) is 0.677. The average Bonchev–Trinajstić information content (AvgIpc) is 3.58. The van der Waals surface area contributed by atoms with Crippen molar-refractivity contribution in [3.63, 3.8) is 0 Å². The van der Waals surface area contributed by atoms with Crippen LogP contribution >= 0.6 is 0 Å². The largest absolute Gasteiger partial charge is 0.467 e. The quantitative estimate of drug-likeness (QED) is 0.557. The van der Waals surface area contributed by atoms with Crippen LogP contribution in [0.4, 0.5) is 0 Å². The first-order valence-corrected chi connectivity index (χ1v) is 15.6. The molecule has 3 aliphatic rings. The molecule has 5 rings (SSSR count). The lowest BCUT2D eigenvalue weighted by Crippen LogP contribution is -2.45. The Bertz CT molecular complexity index is 1250. The summed E-state index contributed by atoms with van der Waals surface area (Å²) in [5.74, 6) is 1.05. The van der Waals surface area contributed by atoms with E-state index in [0.29, 0.717) is 88.8 Å². The second-order valence-corrected chi connectivity index (χ2v) is 12.3. The highest BCUT2D eigenvalue weighted by molar-refractivity contribution is 5.95. The van der Waals surface area contributed by atoms with Gasteiger partial charge in [-0.2, -0.15) is 5.10 Å². The normalized spacial score (nSPS) is 21.3. The maximum atomic E-state index is 13.7. The Morgan fingerprint density at radius 1 is 1.12 bits per heavy atom. The van der Waals surface area contributed by atoms with Gasteiger partial charge in [0.2, 0.25) is 5.91 Å². The van der Waals surface area contributed by atoms with E-state index in [0.717, 1.165) is 49.4 Å². The van der Waals surface area contributed by atoms with Crippen molar-refractivity contribution < 1.29 is 23.5 Å². The minimum Gasteiger partial charge on any atom is -0.467 e. The Morgan fingerprint density at radius 2 is 1.90 bits per heavy atom. The van der Waals surface area contributed by atoms with Crippen molar-refractivity contribution in [2.45, 2.75) is 71.4 Å². The molecule has 1 fully saturated rings. The number of nitrogens with one attached hydrogen (secondary N) is 1. The van der Waals surface area contributed by atoms with Gasteiger partial charge in [-0.25, -0.2) is 0 Å². The summed E-state index contributed by atoms with van der Waals surface area (Å²) in [6.45, 7) is 10.1. The van der Waals surface area contributed by atoms with Crippen molar-refractivity contribution in [2.24, 2.45) is 13.0 Å². The fourth-order valence-corrected chi connectivity index (χ4v) is 6.30. The predicted octanol–water partition coefficient (Wildman–Crippen LogP) is 2.63. The highest BCUT2D eigenvalue weighted by Crippen LogP contribution is 2.28. The third-order valence-electron chi connectivity index (χ3n) is 8.73. The highest BCUT2D eigenvalue weighted by Gasteiger charge is 2.33. The number of furan rings is 1. The number of rotatable bonds is 6. The number of morpholine rings is 1. The monoisotopic (exact) mass is 582 g/mol. The molecule has 3 amide bonds. The van der Waals surface area contributed by atoms with Crippen molar-refractivity contribution in [3.05, 3.63) is 40.6 Å². The van der Waals surface area contributed by atoms with E-state index in [1.54, 1.807) is 4.90 Å². The zero-order valence-corrected chi connectivity index (χ0v) is 25.4. The van der Waals surface area contributed by atoms with Crippen molar-refractivity contribution in [2.75, 3.05) is 52.5 Å². The molecule has 0 spiro atoms. The Hall–Kier alpha value is -3.18. The van der Waals surface area contributed by atoms with Gasteiger partial charge in [-0.15, -0.1) is 0 Å². The molecule has 1 unspecified atom stereocenters. The molecule has 2 aromatic rings. The number of carbonyl (C=O) groups is 3. The van der Waals surface area contributed by atoms with Gasteiger partial charge >= 0.3 is 0 Å². The van der Waals surface area contributed by atoms with Gasteiger partial charge in [-0.05, 0) is 50.5 Å². The molecule has 11 heteroatoms. The minimum atomic E-state index is -0.192. The number of hydrogen-bond donors (Lipinski definition) is 1. The minimum absolute atomic E-state index is 0.0400. The van der Waals surface area contributed by atoms with Crippen LogP contribution in [-0.2, 0) is 36.0 Å². The Morgan fingerprint density at radius 3 is 2.69 bits per heavy atom. The molecule has 1 N–H and O–H groups in total. The number of carbonyl (C=O) groups excluding carboxylic acids is 3. The van der Waals surface area contributed by atoms with E-state index in [2.05, 4.69) is 29.2 Å². The summed E-state index contributed by atoms with van der Waals surface area (Å²) < 4.78 is 13.0. The lowest BCUT2D eigenvalue weighted by Gasteiger charge is -2.35. The smallest absolute Gasteiger partial charge is 0.272 e. The summed E-state index contributed by atoms with van der Waals surface area (Å²) in [6.07, 6.45) is 6.33. The van der Waals surface area contributed by atoms with E-state index < -0.39 is 0 Å². The average molecular weight is 583 g/mol. The van der Waals surface area contributed by atoms with Crippen LogP contribution in [0.1, 0.15) is 83.8 Å². The van der Waals surface area contributed by atoms with E-state index in [9.17, 15) is 14.4 Å². The Kier molecular flexibility index (Phi) is 9.99.